The van der Waals surface area contributed by atoms with Crippen molar-refractivity contribution < 1.29 is 13.6 Å². The van der Waals surface area contributed by atoms with Crippen LogP contribution in [0.2, 0.25) is 0 Å². The molecule has 1 aromatic heterocycles. The number of nitrogens with zero attached hydrogens (tertiary/aromatic N) is 1. The Hall–Kier alpha value is -0.550. The molecule has 0 unspecified atom stereocenters. The first-order valence-corrected chi connectivity index (χ1v) is 4.75. The van der Waals surface area contributed by atoms with Crippen LogP contribution in [-0.2, 0) is 0 Å². The van der Waals surface area contributed by atoms with Crippen LogP contribution in [0.25, 0.3) is 0 Å². The molecule has 0 aromatic carbocycles. The predicted molar refractivity (Wildman–Crippen MR) is 51.8 cm³/mol. The molecular weight excluding hydrogens is 279 g/mol. The number of rotatable bonds is 2. The average Bonchev–Trinajstić information content (AvgIpc) is 2.07. The van der Waals surface area contributed by atoms with E-state index in [-0.39, 0.29) is 15.9 Å². The van der Waals surface area contributed by atoms with Gasteiger partial charge in [-0.2, -0.15) is 0 Å². The number of hydrogen-bond donors (Lipinski definition) is 0. The van der Waals surface area contributed by atoms with Crippen molar-refractivity contribution in [1.82, 2.24) is 4.98 Å². The van der Waals surface area contributed by atoms with E-state index in [1.807, 2.05) is 0 Å². The van der Waals surface area contributed by atoms with E-state index < -0.39 is 11.7 Å². The lowest BCUT2D eigenvalue weighted by atomic mass is 10.1. The van der Waals surface area contributed by atoms with Crippen molar-refractivity contribution in [1.29, 1.82) is 0 Å². The Kier molecular flexibility index (Phi) is 3.55. The van der Waals surface area contributed by atoms with E-state index in [2.05, 4.69) is 20.9 Å². The summed E-state index contributed by atoms with van der Waals surface area (Å²) in [6.45, 7) is 1.50. The fourth-order valence-corrected chi connectivity index (χ4v) is 1.62. The standard InChI is InChI=1S/C8H5BrClF2NO/c1-3-2-4(8(11)12)6(9)13-5(3)7(10)14/h2,8H,1H3. The monoisotopic (exact) mass is 283 g/mol. The number of alkyl halides is 2. The van der Waals surface area contributed by atoms with Crippen molar-refractivity contribution >= 4 is 32.8 Å². The highest BCUT2D eigenvalue weighted by atomic mass is 79.9. The Bertz CT molecular complexity index is 384. The molecule has 14 heavy (non-hydrogen) atoms. The van der Waals surface area contributed by atoms with Gasteiger partial charge < -0.3 is 0 Å². The molecule has 0 bridgehead atoms. The van der Waals surface area contributed by atoms with Crippen molar-refractivity contribution in [2.75, 3.05) is 0 Å². The van der Waals surface area contributed by atoms with Crippen molar-refractivity contribution in [2.45, 2.75) is 13.3 Å². The fourth-order valence-electron chi connectivity index (χ4n) is 0.964. The van der Waals surface area contributed by atoms with Crippen LogP contribution >= 0.6 is 27.5 Å². The normalized spacial score (nSPS) is 10.7. The van der Waals surface area contributed by atoms with Crippen LogP contribution in [0.5, 0.6) is 0 Å². The highest BCUT2D eigenvalue weighted by Crippen LogP contribution is 2.27. The molecule has 0 saturated heterocycles. The quantitative estimate of drug-likeness (QED) is 0.615. The molecule has 0 N–H and O–H groups in total. The largest absolute Gasteiger partial charge is 0.274 e. The molecule has 0 spiro atoms. The van der Waals surface area contributed by atoms with Gasteiger partial charge in [0.1, 0.15) is 10.3 Å². The minimum absolute atomic E-state index is 0.0112. The summed E-state index contributed by atoms with van der Waals surface area (Å²) in [5.74, 6) is 0. The second kappa shape index (κ2) is 4.31. The summed E-state index contributed by atoms with van der Waals surface area (Å²) in [6, 6.07) is 1.19. The number of pyridine rings is 1. The topological polar surface area (TPSA) is 30.0 Å². The van der Waals surface area contributed by atoms with E-state index >= 15 is 0 Å². The summed E-state index contributed by atoms with van der Waals surface area (Å²) in [5.41, 5.74) is 0.0793. The lowest BCUT2D eigenvalue weighted by molar-refractivity contribution is 0.107. The summed E-state index contributed by atoms with van der Waals surface area (Å²) in [5, 5.41) is -0.760. The van der Waals surface area contributed by atoms with Crippen molar-refractivity contribution in [2.24, 2.45) is 0 Å². The number of aryl methyl sites for hydroxylation is 1. The third-order valence-corrected chi connectivity index (χ3v) is 2.43. The molecule has 0 aliphatic rings. The maximum atomic E-state index is 12.4. The number of hydrogen-bond acceptors (Lipinski definition) is 2. The molecule has 0 fully saturated rings. The number of carbonyl (C=O) groups excluding carboxylic acids is 1. The van der Waals surface area contributed by atoms with Crippen LogP contribution < -0.4 is 0 Å². The van der Waals surface area contributed by atoms with Crippen LogP contribution in [-0.4, -0.2) is 10.2 Å². The SMILES string of the molecule is Cc1cc(C(F)F)c(Br)nc1C(=O)Cl. The van der Waals surface area contributed by atoms with Gasteiger partial charge in [-0.15, -0.1) is 0 Å². The van der Waals surface area contributed by atoms with Crippen LogP contribution in [0, 0.1) is 6.92 Å². The first-order valence-electron chi connectivity index (χ1n) is 3.58. The summed E-state index contributed by atoms with van der Waals surface area (Å²) in [6.07, 6.45) is -2.63. The average molecular weight is 284 g/mol. The van der Waals surface area contributed by atoms with Crippen LogP contribution in [0.4, 0.5) is 8.78 Å². The van der Waals surface area contributed by atoms with Gasteiger partial charge in [0.2, 0.25) is 0 Å². The van der Waals surface area contributed by atoms with Crippen molar-refractivity contribution in [3.63, 3.8) is 0 Å². The molecule has 76 valence electrons. The molecule has 0 radical (unpaired) electrons. The van der Waals surface area contributed by atoms with Crippen LogP contribution in [0.3, 0.4) is 0 Å². The molecule has 0 aliphatic heterocycles. The summed E-state index contributed by atoms with van der Waals surface area (Å²) in [7, 11) is 0. The Labute approximate surface area is 92.4 Å². The molecule has 1 heterocycles. The van der Waals surface area contributed by atoms with Crippen molar-refractivity contribution in [3.8, 4) is 0 Å². The zero-order valence-corrected chi connectivity index (χ0v) is 9.36. The maximum Gasteiger partial charge on any atom is 0.271 e. The van der Waals surface area contributed by atoms with E-state index in [1.54, 1.807) is 0 Å². The van der Waals surface area contributed by atoms with Crippen LogP contribution in [0.1, 0.15) is 28.0 Å². The first-order chi connectivity index (χ1) is 6.43. The summed E-state index contributed by atoms with van der Waals surface area (Å²) >= 11 is 8.05. The molecule has 0 saturated carbocycles. The lowest BCUT2D eigenvalue weighted by Gasteiger charge is -2.06. The van der Waals surface area contributed by atoms with Gasteiger partial charge in [0, 0.05) is 0 Å². The third kappa shape index (κ3) is 2.27. The van der Waals surface area contributed by atoms with Gasteiger partial charge in [0.15, 0.2) is 0 Å². The van der Waals surface area contributed by atoms with E-state index in [4.69, 9.17) is 11.6 Å². The van der Waals surface area contributed by atoms with Gasteiger partial charge in [-0.3, -0.25) is 4.79 Å². The van der Waals surface area contributed by atoms with E-state index in [0.29, 0.717) is 5.56 Å². The lowest BCUT2D eigenvalue weighted by Crippen LogP contribution is -2.02. The number of halogens is 4. The summed E-state index contributed by atoms with van der Waals surface area (Å²) in [4.78, 5) is 14.4. The van der Waals surface area contributed by atoms with Gasteiger partial charge in [-0.25, -0.2) is 13.8 Å². The van der Waals surface area contributed by atoms with E-state index in [9.17, 15) is 13.6 Å². The van der Waals surface area contributed by atoms with Gasteiger partial charge in [0.05, 0.1) is 5.56 Å². The molecule has 0 amide bonds. The Morgan fingerprint density at radius 3 is 2.64 bits per heavy atom. The first kappa shape index (κ1) is 11.5. The van der Waals surface area contributed by atoms with Crippen LogP contribution in [0.15, 0.2) is 10.7 Å². The zero-order valence-electron chi connectivity index (χ0n) is 7.02. The summed E-state index contributed by atoms with van der Waals surface area (Å²) < 4.78 is 24.7. The van der Waals surface area contributed by atoms with Gasteiger partial charge >= 0.3 is 0 Å². The highest BCUT2D eigenvalue weighted by molar-refractivity contribution is 9.10. The molecule has 0 atom stereocenters. The fraction of sp³-hybridized carbons (Fsp3) is 0.250. The predicted octanol–water partition coefficient (Wildman–Crippen LogP) is 3.47. The molecule has 1 rings (SSSR count). The Morgan fingerprint density at radius 1 is 1.64 bits per heavy atom. The highest BCUT2D eigenvalue weighted by Gasteiger charge is 2.17. The Morgan fingerprint density at radius 2 is 2.21 bits per heavy atom. The molecular formula is C8H5BrClF2NO. The number of aromatic nitrogens is 1. The molecule has 2 nitrogen and oxygen atoms in total. The second-order valence-corrected chi connectivity index (χ2v) is 3.70. The maximum absolute atomic E-state index is 12.4. The Balaban J connectivity index is 3.31. The third-order valence-electron chi connectivity index (χ3n) is 1.61. The molecule has 6 heteroatoms. The van der Waals surface area contributed by atoms with Gasteiger partial charge in [-0.05, 0) is 46.1 Å². The minimum Gasteiger partial charge on any atom is -0.274 e. The zero-order chi connectivity index (χ0) is 10.9. The van der Waals surface area contributed by atoms with Crippen molar-refractivity contribution in [3.05, 3.63) is 27.5 Å². The minimum atomic E-state index is -2.63. The van der Waals surface area contributed by atoms with E-state index in [1.165, 1.54) is 13.0 Å². The molecule has 1 aromatic rings. The number of carbonyl (C=O) groups is 1. The van der Waals surface area contributed by atoms with Gasteiger partial charge in [-0.1, -0.05) is 0 Å². The second-order valence-electron chi connectivity index (χ2n) is 2.61. The molecule has 0 aliphatic carbocycles. The van der Waals surface area contributed by atoms with E-state index in [0.717, 1.165) is 0 Å². The van der Waals surface area contributed by atoms with Gasteiger partial charge in [0.25, 0.3) is 11.7 Å². The smallest absolute Gasteiger partial charge is 0.271 e.